The first kappa shape index (κ1) is 13.8. The van der Waals surface area contributed by atoms with Crippen molar-refractivity contribution in [3.05, 3.63) is 59.2 Å². The zero-order chi connectivity index (χ0) is 14.5. The van der Waals surface area contributed by atoms with Crippen LogP contribution in [-0.2, 0) is 6.54 Å². The summed E-state index contributed by atoms with van der Waals surface area (Å²) in [6.45, 7) is 0.0542. The van der Waals surface area contributed by atoms with Crippen LogP contribution in [-0.4, -0.2) is 7.11 Å². The van der Waals surface area contributed by atoms with Crippen LogP contribution in [0.5, 0.6) is 5.75 Å². The summed E-state index contributed by atoms with van der Waals surface area (Å²) >= 11 is 0. The van der Waals surface area contributed by atoms with E-state index in [1.165, 1.54) is 7.11 Å². The second-order valence-electron chi connectivity index (χ2n) is 4.08. The molecule has 0 unspecified atom stereocenters. The fraction of sp³-hybridized carbons (Fsp3) is 0.133. The standard InChI is InChI=1S/C15H12F2N2O/c1-20-14-4-2-3-10(8-18)15(14)19-9-11-7-12(16)5-6-13(11)17/h2-7,19H,9H2,1H3. The number of benzene rings is 2. The van der Waals surface area contributed by atoms with Gasteiger partial charge >= 0.3 is 0 Å². The highest BCUT2D eigenvalue weighted by Gasteiger charge is 2.10. The van der Waals surface area contributed by atoms with Crippen molar-refractivity contribution in [1.82, 2.24) is 0 Å². The van der Waals surface area contributed by atoms with Crippen LogP contribution in [0, 0.1) is 23.0 Å². The van der Waals surface area contributed by atoms with E-state index in [4.69, 9.17) is 10.00 Å². The number of hydrogen-bond acceptors (Lipinski definition) is 3. The SMILES string of the molecule is COc1cccc(C#N)c1NCc1cc(F)ccc1F. The highest BCUT2D eigenvalue weighted by atomic mass is 19.1. The molecule has 102 valence electrons. The molecule has 0 atom stereocenters. The van der Waals surface area contributed by atoms with Crippen molar-refractivity contribution in [2.75, 3.05) is 12.4 Å². The Balaban J connectivity index is 2.27. The fourth-order valence-electron chi connectivity index (χ4n) is 1.84. The topological polar surface area (TPSA) is 45.0 Å². The number of para-hydroxylation sites is 1. The van der Waals surface area contributed by atoms with Crippen LogP contribution >= 0.6 is 0 Å². The summed E-state index contributed by atoms with van der Waals surface area (Å²) in [7, 11) is 1.48. The normalized spacial score (nSPS) is 9.90. The second-order valence-corrected chi connectivity index (χ2v) is 4.08. The Hall–Kier alpha value is -2.61. The monoisotopic (exact) mass is 274 g/mol. The molecule has 0 aliphatic rings. The van der Waals surface area contributed by atoms with Gasteiger partial charge in [0, 0.05) is 12.1 Å². The highest BCUT2D eigenvalue weighted by Crippen LogP contribution is 2.28. The van der Waals surface area contributed by atoms with E-state index < -0.39 is 11.6 Å². The molecule has 0 saturated heterocycles. The maximum Gasteiger partial charge on any atom is 0.143 e. The zero-order valence-electron chi connectivity index (χ0n) is 10.8. The van der Waals surface area contributed by atoms with Crippen LogP contribution in [0.25, 0.3) is 0 Å². The van der Waals surface area contributed by atoms with Crippen LogP contribution in [0.15, 0.2) is 36.4 Å². The summed E-state index contributed by atoms with van der Waals surface area (Å²) in [4.78, 5) is 0. The molecule has 1 N–H and O–H groups in total. The Morgan fingerprint density at radius 1 is 1.25 bits per heavy atom. The van der Waals surface area contributed by atoms with Crippen molar-refractivity contribution in [2.24, 2.45) is 0 Å². The summed E-state index contributed by atoms with van der Waals surface area (Å²) in [5, 5.41) is 12.0. The fourth-order valence-corrected chi connectivity index (χ4v) is 1.84. The number of nitrogens with one attached hydrogen (secondary N) is 1. The Kier molecular flexibility index (Phi) is 4.16. The molecule has 0 aliphatic heterocycles. The van der Waals surface area contributed by atoms with Gasteiger partial charge < -0.3 is 10.1 Å². The smallest absolute Gasteiger partial charge is 0.143 e. The molecule has 5 heteroatoms. The third-order valence-electron chi connectivity index (χ3n) is 2.83. The lowest BCUT2D eigenvalue weighted by atomic mass is 10.1. The van der Waals surface area contributed by atoms with Crippen molar-refractivity contribution in [3.8, 4) is 11.8 Å². The number of halogens is 2. The summed E-state index contributed by atoms with van der Waals surface area (Å²) < 4.78 is 31.8. The van der Waals surface area contributed by atoms with Crippen LogP contribution in [0.1, 0.15) is 11.1 Å². The predicted octanol–water partition coefficient (Wildman–Crippen LogP) is 3.46. The Labute approximate surface area is 115 Å². The number of ether oxygens (including phenoxy) is 1. The van der Waals surface area contributed by atoms with E-state index in [0.29, 0.717) is 17.0 Å². The molecule has 0 aliphatic carbocycles. The minimum absolute atomic E-state index is 0.0542. The first-order chi connectivity index (χ1) is 9.65. The van der Waals surface area contributed by atoms with Crippen LogP contribution in [0.3, 0.4) is 0 Å². The summed E-state index contributed by atoms with van der Waals surface area (Å²) in [6.07, 6.45) is 0. The summed E-state index contributed by atoms with van der Waals surface area (Å²) in [5.74, 6) is -0.545. The first-order valence-corrected chi connectivity index (χ1v) is 5.90. The van der Waals surface area contributed by atoms with Crippen molar-refractivity contribution in [2.45, 2.75) is 6.54 Å². The number of rotatable bonds is 4. The molecule has 0 bridgehead atoms. The molecule has 0 heterocycles. The lowest BCUT2D eigenvalue weighted by molar-refractivity contribution is 0.416. The van der Waals surface area contributed by atoms with Crippen LogP contribution in [0.2, 0.25) is 0 Å². The molecule has 2 rings (SSSR count). The van der Waals surface area contributed by atoms with Crippen LogP contribution in [0.4, 0.5) is 14.5 Å². The summed E-state index contributed by atoms with van der Waals surface area (Å²) in [5.41, 5.74) is 1.02. The number of nitrogens with zero attached hydrogens (tertiary/aromatic N) is 1. The van der Waals surface area contributed by atoms with Gasteiger partial charge in [-0.1, -0.05) is 6.07 Å². The van der Waals surface area contributed by atoms with Gasteiger partial charge in [-0.25, -0.2) is 8.78 Å². The second kappa shape index (κ2) is 6.02. The zero-order valence-corrected chi connectivity index (χ0v) is 10.8. The van der Waals surface area contributed by atoms with Gasteiger partial charge in [0.15, 0.2) is 0 Å². The van der Waals surface area contributed by atoms with Crippen molar-refractivity contribution in [1.29, 1.82) is 5.26 Å². The molecule has 20 heavy (non-hydrogen) atoms. The largest absolute Gasteiger partial charge is 0.495 e. The third kappa shape index (κ3) is 2.86. The minimum Gasteiger partial charge on any atom is -0.495 e. The molecule has 3 nitrogen and oxygen atoms in total. The van der Waals surface area contributed by atoms with Gasteiger partial charge in [0.25, 0.3) is 0 Å². The molecule has 0 aromatic heterocycles. The van der Waals surface area contributed by atoms with Gasteiger partial charge in [0.1, 0.15) is 23.5 Å². The quantitative estimate of drug-likeness (QED) is 0.928. The molecular weight excluding hydrogens is 262 g/mol. The number of hydrogen-bond donors (Lipinski definition) is 1. The van der Waals surface area contributed by atoms with E-state index >= 15 is 0 Å². The average Bonchev–Trinajstić information content (AvgIpc) is 2.47. The molecule has 0 fully saturated rings. The summed E-state index contributed by atoms with van der Waals surface area (Å²) in [6, 6.07) is 10.3. The van der Waals surface area contributed by atoms with Crippen LogP contribution < -0.4 is 10.1 Å². The Morgan fingerprint density at radius 3 is 2.75 bits per heavy atom. The maximum atomic E-state index is 13.5. The average molecular weight is 274 g/mol. The maximum absolute atomic E-state index is 13.5. The number of methoxy groups -OCH3 is 1. The molecule has 0 radical (unpaired) electrons. The minimum atomic E-state index is -0.510. The van der Waals surface area contributed by atoms with E-state index in [0.717, 1.165) is 18.2 Å². The van der Waals surface area contributed by atoms with Gasteiger partial charge in [-0.3, -0.25) is 0 Å². The van der Waals surface area contributed by atoms with Gasteiger partial charge in [0.05, 0.1) is 18.4 Å². The lowest BCUT2D eigenvalue weighted by Gasteiger charge is -2.13. The van der Waals surface area contributed by atoms with E-state index in [-0.39, 0.29) is 12.1 Å². The molecule has 0 saturated carbocycles. The highest BCUT2D eigenvalue weighted by molar-refractivity contribution is 5.66. The molecule has 2 aromatic carbocycles. The Bertz CT molecular complexity index is 665. The predicted molar refractivity (Wildman–Crippen MR) is 71.4 cm³/mol. The van der Waals surface area contributed by atoms with Gasteiger partial charge in [-0.15, -0.1) is 0 Å². The van der Waals surface area contributed by atoms with Crippen molar-refractivity contribution in [3.63, 3.8) is 0 Å². The van der Waals surface area contributed by atoms with Gasteiger partial charge in [-0.2, -0.15) is 5.26 Å². The molecular formula is C15H12F2N2O. The van der Waals surface area contributed by atoms with E-state index in [1.54, 1.807) is 18.2 Å². The lowest BCUT2D eigenvalue weighted by Crippen LogP contribution is -2.05. The van der Waals surface area contributed by atoms with E-state index in [2.05, 4.69) is 5.32 Å². The first-order valence-electron chi connectivity index (χ1n) is 5.90. The molecule has 0 spiro atoms. The molecule has 0 amide bonds. The van der Waals surface area contributed by atoms with Crippen molar-refractivity contribution >= 4 is 5.69 Å². The molecule has 2 aromatic rings. The van der Waals surface area contributed by atoms with E-state index in [9.17, 15) is 8.78 Å². The number of anilines is 1. The number of nitriles is 1. The Morgan fingerprint density at radius 2 is 2.05 bits per heavy atom. The van der Waals surface area contributed by atoms with Gasteiger partial charge in [0.2, 0.25) is 0 Å². The van der Waals surface area contributed by atoms with E-state index in [1.807, 2.05) is 6.07 Å². The van der Waals surface area contributed by atoms with Crippen molar-refractivity contribution < 1.29 is 13.5 Å². The van der Waals surface area contributed by atoms with Gasteiger partial charge in [-0.05, 0) is 30.3 Å². The third-order valence-corrected chi connectivity index (χ3v) is 2.83.